The van der Waals surface area contributed by atoms with E-state index in [4.69, 9.17) is 4.74 Å². The quantitative estimate of drug-likeness (QED) is 0.751. The van der Waals surface area contributed by atoms with Crippen LogP contribution < -0.4 is 0 Å². The Morgan fingerprint density at radius 2 is 1.81 bits per heavy atom. The highest BCUT2D eigenvalue weighted by molar-refractivity contribution is 9.09. The fourth-order valence-corrected chi connectivity index (χ4v) is 5.08. The summed E-state index contributed by atoms with van der Waals surface area (Å²) in [7, 11) is 1.87. The molecule has 0 spiro atoms. The number of benzene rings is 1. The van der Waals surface area contributed by atoms with Crippen LogP contribution in [0.3, 0.4) is 0 Å². The molecule has 86 valence electrons. The van der Waals surface area contributed by atoms with Crippen LogP contribution in [-0.2, 0) is 10.3 Å². The van der Waals surface area contributed by atoms with E-state index in [1.807, 2.05) is 7.11 Å². The summed E-state index contributed by atoms with van der Waals surface area (Å²) in [5.74, 6) is 1.30. The van der Waals surface area contributed by atoms with Gasteiger partial charge in [-0.3, -0.25) is 0 Å². The molecular weight excluding hydrogens is 264 g/mol. The lowest BCUT2D eigenvalue weighted by atomic mass is 9.51. The molecule has 2 fully saturated rings. The molecule has 1 aromatic rings. The molecule has 0 aliphatic heterocycles. The minimum Gasteiger partial charge on any atom is -0.373 e. The van der Waals surface area contributed by atoms with E-state index in [9.17, 15) is 0 Å². The highest BCUT2D eigenvalue weighted by Crippen LogP contribution is 2.63. The number of hydrogen-bond donors (Lipinski definition) is 0. The Labute approximate surface area is 105 Å². The first-order chi connectivity index (χ1) is 7.80. The van der Waals surface area contributed by atoms with Crippen LogP contribution >= 0.6 is 15.9 Å². The highest BCUT2D eigenvalue weighted by Gasteiger charge is 2.63. The van der Waals surface area contributed by atoms with Crippen molar-refractivity contribution >= 4 is 15.9 Å². The van der Waals surface area contributed by atoms with Crippen LogP contribution in [0.15, 0.2) is 30.3 Å². The predicted octanol–water partition coefficient (Wildman–Crippen LogP) is 3.72. The summed E-state index contributed by atoms with van der Waals surface area (Å²) >= 11 is 3.84. The van der Waals surface area contributed by atoms with E-state index in [0.717, 1.165) is 0 Å². The predicted molar refractivity (Wildman–Crippen MR) is 68.7 cm³/mol. The number of alkyl halides is 1. The van der Waals surface area contributed by atoms with Crippen molar-refractivity contribution in [1.29, 1.82) is 0 Å². The zero-order valence-electron chi connectivity index (χ0n) is 9.53. The lowest BCUT2D eigenvalue weighted by Crippen LogP contribution is -2.64. The number of halogens is 1. The van der Waals surface area contributed by atoms with Crippen molar-refractivity contribution in [3.63, 3.8) is 0 Å². The Bertz CT molecular complexity index is 364. The van der Waals surface area contributed by atoms with Gasteiger partial charge in [-0.15, -0.1) is 0 Å². The summed E-state index contributed by atoms with van der Waals surface area (Å²) in [4.78, 5) is 0.654. The molecule has 16 heavy (non-hydrogen) atoms. The average Bonchev–Trinajstić information content (AvgIpc) is 2.38. The molecule has 0 radical (unpaired) electrons. The van der Waals surface area contributed by atoms with Crippen LogP contribution in [0, 0.1) is 11.8 Å². The Balaban J connectivity index is 2.02. The van der Waals surface area contributed by atoms with Crippen molar-refractivity contribution in [1.82, 2.24) is 0 Å². The molecule has 0 amide bonds. The molecule has 1 aromatic carbocycles. The third kappa shape index (κ3) is 1.20. The molecule has 3 rings (SSSR count). The van der Waals surface area contributed by atoms with Crippen LogP contribution in [0.2, 0.25) is 0 Å². The van der Waals surface area contributed by atoms with Crippen LogP contribution in [-0.4, -0.2) is 11.9 Å². The summed E-state index contributed by atoms with van der Waals surface area (Å²) in [6.45, 7) is 0. The van der Waals surface area contributed by atoms with E-state index in [2.05, 4.69) is 46.3 Å². The lowest BCUT2D eigenvalue weighted by molar-refractivity contribution is -0.198. The van der Waals surface area contributed by atoms with Gasteiger partial charge < -0.3 is 4.74 Å². The maximum atomic E-state index is 5.97. The van der Waals surface area contributed by atoms with Crippen molar-refractivity contribution in [3.8, 4) is 0 Å². The number of methoxy groups -OCH3 is 1. The molecule has 2 saturated carbocycles. The Kier molecular flexibility index (Phi) is 2.60. The summed E-state index contributed by atoms with van der Waals surface area (Å²) in [5, 5.41) is 0. The van der Waals surface area contributed by atoms with E-state index in [1.54, 1.807) is 0 Å². The van der Waals surface area contributed by atoms with Gasteiger partial charge in [-0.2, -0.15) is 0 Å². The topological polar surface area (TPSA) is 9.23 Å². The first-order valence-electron chi connectivity index (χ1n) is 6.05. The first kappa shape index (κ1) is 10.8. The van der Waals surface area contributed by atoms with Gasteiger partial charge in [0.1, 0.15) is 5.60 Å². The molecule has 0 aromatic heterocycles. The summed E-state index contributed by atoms with van der Waals surface area (Å²) < 4.78 is 5.97. The lowest BCUT2D eigenvalue weighted by Gasteiger charge is -2.62. The maximum absolute atomic E-state index is 5.97. The van der Waals surface area contributed by atoms with Gasteiger partial charge in [0.05, 0.1) is 0 Å². The van der Waals surface area contributed by atoms with Gasteiger partial charge in [0.15, 0.2) is 0 Å². The molecule has 2 bridgehead atoms. The van der Waals surface area contributed by atoms with Gasteiger partial charge in [-0.1, -0.05) is 52.7 Å². The molecule has 0 saturated heterocycles. The molecule has 0 heterocycles. The normalized spacial score (nSPS) is 41.5. The molecule has 1 nitrogen and oxygen atoms in total. The van der Waals surface area contributed by atoms with Crippen LogP contribution in [0.5, 0.6) is 0 Å². The molecule has 2 aliphatic carbocycles. The van der Waals surface area contributed by atoms with Gasteiger partial charge >= 0.3 is 0 Å². The number of ether oxygens (including phenoxy) is 1. The van der Waals surface area contributed by atoms with Crippen molar-refractivity contribution < 1.29 is 4.74 Å². The highest BCUT2D eigenvalue weighted by atomic mass is 79.9. The number of hydrogen-bond acceptors (Lipinski definition) is 1. The van der Waals surface area contributed by atoms with E-state index in [1.165, 1.54) is 24.8 Å². The SMILES string of the molecule is COC1(c2ccccc2)[C@@H]2CCC[C@@H]1C2Br. The average molecular weight is 281 g/mol. The van der Waals surface area contributed by atoms with E-state index >= 15 is 0 Å². The third-order valence-corrected chi connectivity index (χ3v) is 5.74. The van der Waals surface area contributed by atoms with Gasteiger partial charge in [0.2, 0.25) is 0 Å². The molecule has 2 aliphatic rings. The zero-order chi connectivity index (χ0) is 11.2. The standard InChI is InChI=1S/C14H17BrO/c1-16-14(10-6-3-2-4-7-10)11-8-5-9-12(14)13(11)15/h2-4,6-7,11-13H,5,8-9H2,1H3/t11-,12-,13?,14?/m1/s1. The minimum atomic E-state index is -0.00627. The van der Waals surface area contributed by atoms with Gasteiger partial charge in [0, 0.05) is 23.8 Å². The number of fused-ring (bicyclic) bond motifs is 2. The molecule has 0 unspecified atom stereocenters. The summed E-state index contributed by atoms with van der Waals surface area (Å²) in [6, 6.07) is 10.7. The Morgan fingerprint density at radius 3 is 2.31 bits per heavy atom. The van der Waals surface area contributed by atoms with Crippen LogP contribution in [0.1, 0.15) is 24.8 Å². The first-order valence-corrected chi connectivity index (χ1v) is 6.97. The smallest absolute Gasteiger partial charge is 0.100 e. The van der Waals surface area contributed by atoms with E-state index in [0.29, 0.717) is 16.7 Å². The van der Waals surface area contributed by atoms with Crippen molar-refractivity contribution in [2.75, 3.05) is 7.11 Å². The second kappa shape index (κ2) is 3.85. The summed E-state index contributed by atoms with van der Waals surface area (Å²) in [5.41, 5.74) is 1.36. The molecule has 0 N–H and O–H groups in total. The fourth-order valence-electron chi connectivity index (χ4n) is 3.76. The van der Waals surface area contributed by atoms with Gasteiger partial charge in [-0.25, -0.2) is 0 Å². The zero-order valence-corrected chi connectivity index (χ0v) is 11.1. The largest absolute Gasteiger partial charge is 0.373 e. The van der Waals surface area contributed by atoms with Crippen molar-refractivity contribution in [2.45, 2.75) is 29.7 Å². The fraction of sp³-hybridized carbons (Fsp3) is 0.571. The van der Waals surface area contributed by atoms with Crippen LogP contribution in [0.4, 0.5) is 0 Å². The molecular formula is C14H17BrO. The van der Waals surface area contributed by atoms with Gasteiger partial charge in [-0.05, 0) is 18.4 Å². The van der Waals surface area contributed by atoms with E-state index < -0.39 is 0 Å². The Morgan fingerprint density at radius 1 is 1.19 bits per heavy atom. The Hall–Kier alpha value is -0.340. The van der Waals surface area contributed by atoms with Crippen molar-refractivity contribution in [3.05, 3.63) is 35.9 Å². The monoisotopic (exact) mass is 280 g/mol. The molecule has 2 atom stereocenters. The van der Waals surface area contributed by atoms with Gasteiger partial charge in [0.25, 0.3) is 0 Å². The second-order valence-corrected chi connectivity index (χ2v) is 6.01. The molecule has 2 heteroatoms. The van der Waals surface area contributed by atoms with E-state index in [-0.39, 0.29) is 5.60 Å². The number of rotatable bonds is 2. The van der Waals surface area contributed by atoms with Crippen molar-refractivity contribution in [2.24, 2.45) is 11.8 Å². The summed E-state index contributed by atoms with van der Waals surface area (Å²) in [6.07, 6.45) is 3.93. The van der Waals surface area contributed by atoms with Crippen LogP contribution in [0.25, 0.3) is 0 Å². The minimum absolute atomic E-state index is 0.00627. The maximum Gasteiger partial charge on any atom is 0.100 e. The third-order valence-electron chi connectivity index (χ3n) is 4.46. The second-order valence-electron chi connectivity index (χ2n) is 4.95.